The molecule has 3 radical (unpaired) electrons. The summed E-state index contributed by atoms with van der Waals surface area (Å²) in [5.41, 5.74) is 18.2. The fourth-order valence-electron chi connectivity index (χ4n) is 4.69. The molecular weight excluding hydrogens is 855 g/mol. The zero-order valence-corrected chi connectivity index (χ0v) is 34.2. The number of ether oxygens (including phenoxy) is 2. The van der Waals surface area contributed by atoms with Gasteiger partial charge >= 0.3 is 37.1 Å². The van der Waals surface area contributed by atoms with Crippen molar-refractivity contribution in [2.75, 3.05) is 14.2 Å². The Bertz CT molecular complexity index is 1990. The molecule has 2 unspecified atom stereocenters. The second kappa shape index (κ2) is 20.8. The van der Waals surface area contributed by atoms with Crippen molar-refractivity contribution in [3.63, 3.8) is 0 Å². The molecule has 2 heterocycles. The molecular formula is C32H24F2N6O6P2V2Y-2. The maximum absolute atomic E-state index is 15.7. The molecule has 2 atom stereocenters. The van der Waals surface area contributed by atoms with Crippen LogP contribution >= 0.6 is 17.2 Å². The van der Waals surface area contributed by atoms with Crippen molar-refractivity contribution in [2.24, 2.45) is 0 Å². The van der Waals surface area contributed by atoms with Crippen LogP contribution in [0.5, 0.6) is 0 Å². The van der Waals surface area contributed by atoms with Gasteiger partial charge in [-0.3, -0.25) is 9.59 Å². The number of nitrogens with one attached hydrogen (secondary N) is 4. The fourth-order valence-corrected chi connectivity index (χ4v) is 5.51. The van der Waals surface area contributed by atoms with Crippen molar-refractivity contribution >= 4 is 52.5 Å². The van der Waals surface area contributed by atoms with Crippen molar-refractivity contribution < 1.29 is 107 Å². The minimum Gasteiger partial charge on any atom is -0.632 e. The van der Waals surface area contributed by atoms with E-state index < -0.39 is 18.1 Å². The average molecular weight is 879 g/mol. The van der Waals surface area contributed by atoms with Gasteiger partial charge in [0.2, 0.25) is 12.2 Å². The van der Waals surface area contributed by atoms with E-state index in [9.17, 15) is 19.2 Å². The monoisotopic (exact) mass is 879 g/mol. The number of alkyl halides is 2. The normalized spacial score (nSPS) is 11.6. The minimum absolute atomic E-state index is 0. The molecule has 0 saturated heterocycles. The number of hydrogen-bond donors (Lipinski definition) is 2. The number of hydrogen-bond acceptors (Lipinski definition) is 8. The summed E-state index contributed by atoms with van der Waals surface area (Å²) in [5.74, 6) is -3.19. The maximum atomic E-state index is 15.7. The number of carbonyl (C=O) groups is 2. The van der Waals surface area contributed by atoms with E-state index in [4.69, 9.17) is 11.5 Å². The Kier molecular flexibility index (Phi) is 18.7. The van der Waals surface area contributed by atoms with Crippen LogP contribution in [0, 0.1) is 13.1 Å². The van der Waals surface area contributed by atoms with Gasteiger partial charge in [0.25, 0.3) is 5.92 Å². The standard InChI is InChI=1S/C28H16F2N4O2P2.2C2H5NO2.2V.Y/c1-15-8-16(2-5-19(15)25-12-32-27(34-25)38-14-36)17-3-6-20-21-7-4-18(24-11-31-26(33-24)37-13-35)10-23(21)28(29,30)22(20)9-17;2*1-5-2(3)4;;;/h2-11,37-38H,1H2,(H,31,33)(H,32,34);2*1H3,(H2,3,4);;;/q-4;;;2*+2;/p-2. The van der Waals surface area contributed by atoms with Gasteiger partial charge in [0.05, 0.1) is 31.7 Å². The number of amides is 2. The van der Waals surface area contributed by atoms with Crippen molar-refractivity contribution in [3.05, 3.63) is 102 Å². The van der Waals surface area contributed by atoms with Crippen LogP contribution in [0.1, 0.15) is 16.7 Å². The molecule has 51 heavy (non-hydrogen) atoms. The van der Waals surface area contributed by atoms with Crippen LogP contribution < -0.4 is 11.1 Å². The van der Waals surface area contributed by atoms with Crippen LogP contribution in [0.3, 0.4) is 0 Å². The number of rotatable bonds is 7. The topological polar surface area (TPSA) is 192 Å². The number of carbonyl (C=O) groups excluding carboxylic acids is 4. The van der Waals surface area contributed by atoms with Gasteiger partial charge in [0.1, 0.15) is 0 Å². The quantitative estimate of drug-likeness (QED) is 0.135. The third-order valence-corrected chi connectivity index (χ3v) is 8.00. The first-order chi connectivity index (χ1) is 22.9. The molecule has 1 aliphatic rings. The van der Waals surface area contributed by atoms with Crippen LogP contribution in [0.15, 0.2) is 60.8 Å². The molecule has 1 aliphatic carbocycles. The molecule has 0 fully saturated rings. The van der Waals surface area contributed by atoms with Crippen molar-refractivity contribution in [1.29, 1.82) is 0 Å². The Morgan fingerprint density at radius 2 is 1.29 bits per heavy atom. The van der Waals surface area contributed by atoms with Crippen LogP contribution in [0.2, 0.25) is 0 Å². The molecule has 0 saturated carbocycles. The minimum atomic E-state index is -3.19. The summed E-state index contributed by atoms with van der Waals surface area (Å²) in [6, 6.07) is 19.1. The van der Waals surface area contributed by atoms with Crippen LogP contribution in [0.4, 0.5) is 18.4 Å². The van der Waals surface area contributed by atoms with Gasteiger partial charge in [-0.25, -0.2) is 25.6 Å². The summed E-state index contributed by atoms with van der Waals surface area (Å²) >= 11 is 0. The molecule has 6 rings (SSSR count). The first-order valence-electron chi connectivity index (χ1n) is 13.5. The predicted octanol–water partition coefficient (Wildman–Crippen LogP) is 6.58. The smallest absolute Gasteiger partial charge is 0.632 e. The number of aromatic amines is 2. The van der Waals surface area contributed by atoms with Crippen LogP contribution in [-0.4, -0.2) is 58.4 Å². The Hall–Kier alpha value is -3.18. The number of aromatic nitrogens is 4. The summed E-state index contributed by atoms with van der Waals surface area (Å²) in [7, 11) is 1.86. The van der Waals surface area contributed by atoms with Gasteiger partial charge in [0.15, 0.2) is 0 Å². The van der Waals surface area contributed by atoms with Gasteiger partial charge in [-0.1, -0.05) is 47.8 Å². The Balaban J connectivity index is 0.000000888. The van der Waals surface area contributed by atoms with Crippen molar-refractivity contribution in [2.45, 2.75) is 5.92 Å². The number of nitrogens with zero attached hydrogens (tertiary/aromatic N) is 2. The molecule has 0 aliphatic heterocycles. The Labute approximate surface area is 344 Å². The van der Waals surface area contributed by atoms with Crippen molar-refractivity contribution in [3.8, 4) is 44.8 Å². The number of benzene rings is 3. The number of H-pyrrole nitrogens is 2. The molecule has 4 N–H and O–H groups in total. The maximum Gasteiger partial charge on any atom is 2.00 e. The summed E-state index contributed by atoms with van der Waals surface area (Å²) in [6.45, 7) is 4.10. The number of halogens is 2. The third kappa shape index (κ3) is 11.2. The van der Waals surface area contributed by atoms with E-state index in [2.05, 4.69) is 42.5 Å². The van der Waals surface area contributed by atoms with Gasteiger partial charge < -0.3 is 45.5 Å². The Morgan fingerprint density at radius 3 is 1.80 bits per heavy atom. The molecule has 5 aromatic rings. The van der Waals surface area contributed by atoms with E-state index in [0.29, 0.717) is 50.3 Å². The summed E-state index contributed by atoms with van der Waals surface area (Å²) in [5, 5.41) is 0. The van der Waals surface area contributed by atoms with Gasteiger partial charge in [-0.2, -0.15) is 35.9 Å². The number of fused-ring (bicyclic) bond motifs is 3. The second-order valence-electron chi connectivity index (χ2n) is 9.62. The average Bonchev–Trinajstić information content (AvgIpc) is 3.79. The summed E-state index contributed by atoms with van der Waals surface area (Å²) in [6.07, 6.45) is 2.39. The Morgan fingerprint density at radius 1 is 0.824 bits per heavy atom. The van der Waals surface area contributed by atoms with Crippen molar-refractivity contribution in [1.82, 2.24) is 19.9 Å². The van der Waals surface area contributed by atoms with Gasteiger partial charge in [-0.05, 0) is 34.4 Å². The molecule has 19 heteroatoms. The third-order valence-electron chi connectivity index (χ3n) is 6.83. The van der Waals surface area contributed by atoms with E-state index in [1.54, 1.807) is 24.2 Å². The molecule has 3 aromatic carbocycles. The molecule has 257 valence electrons. The number of methoxy groups -OCH3 is 2. The second-order valence-corrected chi connectivity index (χ2v) is 11.5. The SMILES string of the molecule is COC([NH-])=O.COC([NH-])=O.[CH2-]c1cc(-c2ccc3c(c2)C(F)(F)c2cc(-c4cnc(P[C-]=O)[nH]4)ccc2-3)ccc1-c1[c-]nc(P[C-]=O)[nH]1.[V+2].[V+2].[Y]. The van der Waals surface area contributed by atoms with E-state index in [1.165, 1.54) is 18.3 Å². The zero-order valence-electron chi connectivity index (χ0n) is 26.6. The molecule has 2 amide bonds. The first-order valence-corrected chi connectivity index (χ1v) is 15.5. The largest absolute Gasteiger partial charge is 2.00 e. The van der Waals surface area contributed by atoms with E-state index in [-0.39, 0.29) is 98.1 Å². The first kappa shape index (κ1) is 45.8. The van der Waals surface area contributed by atoms with Gasteiger partial charge in [0, 0.05) is 49.4 Å². The molecule has 2 aromatic heterocycles. The number of imidazole rings is 2. The van der Waals surface area contributed by atoms with E-state index >= 15 is 8.78 Å². The summed E-state index contributed by atoms with van der Waals surface area (Å²) < 4.78 is 39.0. The molecule has 0 spiro atoms. The van der Waals surface area contributed by atoms with E-state index in [1.807, 2.05) is 30.3 Å². The molecule has 12 nitrogen and oxygen atoms in total. The van der Waals surface area contributed by atoms with E-state index in [0.717, 1.165) is 25.3 Å². The zero-order chi connectivity index (χ0) is 35.0. The predicted molar refractivity (Wildman–Crippen MR) is 180 cm³/mol. The molecule has 0 bridgehead atoms. The van der Waals surface area contributed by atoms with Crippen LogP contribution in [-0.2, 0) is 94.8 Å². The van der Waals surface area contributed by atoms with Crippen LogP contribution in [0.25, 0.3) is 56.2 Å². The summed E-state index contributed by atoms with van der Waals surface area (Å²) in [4.78, 5) is 54.0. The fraction of sp³-hybridized carbons (Fsp3) is 0.0938. The van der Waals surface area contributed by atoms with Gasteiger partial charge in [-0.15, -0.1) is 11.6 Å².